The van der Waals surface area contributed by atoms with Crippen molar-refractivity contribution in [2.75, 3.05) is 6.61 Å². The van der Waals surface area contributed by atoms with Crippen LogP contribution in [0.3, 0.4) is 0 Å². The number of fused-ring (bicyclic) bond motifs is 5. The molecule has 2 N–H and O–H groups in total. The third-order valence-corrected chi connectivity index (χ3v) is 11.7. The maximum Gasteiger partial charge on any atom is 0.326 e. The molecule has 0 aromatic heterocycles. The number of ether oxygens (including phenoxy) is 2. The standard InChI is InChI=1S/C36H45NO9/c1-22(38)46-36(18-15-28-26-10-9-24-20-25(39)13-16-34(24,2)27(26)14-17-35(28,36)3)30(40)21-45-32(42)12-11-31(41)37-29(33(43)44)19-23-7-5-4-6-8-23/h4-8,20,26-29H,9-19,21H2,1-3H3,(H,37,41)(H,43,44)/t26-,27+,28-,29-,34+,35+,36+/m1/s1. The monoisotopic (exact) mass is 635 g/mol. The molecular weight excluding hydrogens is 590 g/mol. The zero-order chi connectivity index (χ0) is 33.3. The molecule has 0 heterocycles. The first kappa shape index (κ1) is 33.5. The largest absolute Gasteiger partial charge is 0.480 e. The summed E-state index contributed by atoms with van der Waals surface area (Å²) in [6, 6.07) is 7.74. The molecule has 0 saturated heterocycles. The molecule has 248 valence electrons. The van der Waals surface area contributed by atoms with Gasteiger partial charge >= 0.3 is 17.9 Å². The summed E-state index contributed by atoms with van der Waals surface area (Å²) in [5.41, 5.74) is -0.0868. The van der Waals surface area contributed by atoms with Crippen LogP contribution in [0.25, 0.3) is 0 Å². The molecule has 7 atom stereocenters. The first-order valence-electron chi connectivity index (χ1n) is 16.5. The van der Waals surface area contributed by atoms with Gasteiger partial charge in [-0.05, 0) is 79.8 Å². The van der Waals surface area contributed by atoms with E-state index in [0.29, 0.717) is 37.5 Å². The molecule has 46 heavy (non-hydrogen) atoms. The molecule has 3 saturated carbocycles. The zero-order valence-corrected chi connectivity index (χ0v) is 27.0. The Morgan fingerprint density at radius 2 is 1.67 bits per heavy atom. The molecule has 3 fully saturated rings. The van der Waals surface area contributed by atoms with Gasteiger partial charge in [-0.2, -0.15) is 0 Å². The Hall–Kier alpha value is -3.82. The maximum atomic E-state index is 13.9. The Bertz CT molecular complexity index is 1440. The fourth-order valence-electron chi connectivity index (χ4n) is 9.35. The fraction of sp³-hybridized carbons (Fsp3) is 0.611. The van der Waals surface area contributed by atoms with Gasteiger partial charge in [-0.1, -0.05) is 49.8 Å². The quantitative estimate of drug-likeness (QED) is 0.334. The Morgan fingerprint density at radius 3 is 2.37 bits per heavy atom. The Labute approximate surface area is 269 Å². The number of carbonyl (C=O) groups excluding carboxylic acids is 5. The second-order valence-corrected chi connectivity index (χ2v) is 14.1. The summed E-state index contributed by atoms with van der Waals surface area (Å²) in [5, 5.41) is 12.0. The number of rotatable bonds is 11. The smallest absolute Gasteiger partial charge is 0.326 e. The van der Waals surface area contributed by atoms with E-state index >= 15 is 0 Å². The van der Waals surface area contributed by atoms with E-state index in [9.17, 15) is 33.9 Å². The lowest BCUT2D eigenvalue weighted by molar-refractivity contribution is -0.191. The second-order valence-electron chi connectivity index (χ2n) is 14.1. The van der Waals surface area contributed by atoms with E-state index in [2.05, 4.69) is 12.2 Å². The van der Waals surface area contributed by atoms with E-state index in [4.69, 9.17) is 9.47 Å². The van der Waals surface area contributed by atoms with Crippen molar-refractivity contribution >= 4 is 35.4 Å². The molecular formula is C36H45NO9. The van der Waals surface area contributed by atoms with Crippen molar-refractivity contribution in [3.05, 3.63) is 47.5 Å². The highest BCUT2D eigenvalue weighted by Crippen LogP contribution is 2.68. The van der Waals surface area contributed by atoms with Gasteiger partial charge in [-0.15, -0.1) is 0 Å². The minimum atomic E-state index is -1.42. The van der Waals surface area contributed by atoms with E-state index in [0.717, 1.165) is 31.2 Å². The van der Waals surface area contributed by atoms with Gasteiger partial charge in [0.2, 0.25) is 11.7 Å². The van der Waals surface area contributed by atoms with Crippen LogP contribution in [0.1, 0.15) is 90.5 Å². The summed E-state index contributed by atoms with van der Waals surface area (Å²) < 4.78 is 11.3. The van der Waals surface area contributed by atoms with Crippen molar-refractivity contribution < 1.29 is 43.3 Å². The Morgan fingerprint density at radius 1 is 0.957 bits per heavy atom. The third kappa shape index (κ3) is 6.27. The number of carboxylic acids is 1. The van der Waals surface area contributed by atoms with Gasteiger partial charge in [0.1, 0.15) is 6.04 Å². The number of allylic oxidation sites excluding steroid dienone is 1. The first-order chi connectivity index (χ1) is 21.8. The average Bonchev–Trinajstić information content (AvgIpc) is 3.31. The third-order valence-electron chi connectivity index (χ3n) is 11.7. The van der Waals surface area contributed by atoms with E-state index in [1.807, 2.05) is 19.1 Å². The lowest BCUT2D eigenvalue weighted by Crippen LogP contribution is -2.59. The topological polar surface area (TPSA) is 153 Å². The minimum Gasteiger partial charge on any atom is -0.480 e. The van der Waals surface area contributed by atoms with Crippen LogP contribution in [-0.4, -0.2) is 58.7 Å². The molecule has 4 aliphatic rings. The number of benzene rings is 1. The number of carboxylic acid groups (broad SMARTS) is 1. The van der Waals surface area contributed by atoms with Crippen molar-refractivity contribution in [2.24, 2.45) is 28.6 Å². The van der Waals surface area contributed by atoms with Gasteiger partial charge in [0.25, 0.3) is 0 Å². The molecule has 0 aliphatic heterocycles. The normalized spacial score (nSPS) is 32.1. The highest BCUT2D eigenvalue weighted by atomic mass is 16.6. The van der Waals surface area contributed by atoms with Gasteiger partial charge in [-0.3, -0.25) is 24.0 Å². The van der Waals surface area contributed by atoms with Crippen molar-refractivity contribution in [1.29, 1.82) is 0 Å². The SMILES string of the molecule is CC(=O)O[C@]1(C(=O)COC(=O)CCC(=O)N[C@H](Cc2ccccc2)C(=O)O)CC[C@@H]2[C@@H]3CCC4=CC(=O)CC[C@]4(C)[C@H]3CC[C@@]21C. The predicted molar refractivity (Wildman–Crippen MR) is 166 cm³/mol. The molecule has 1 aromatic carbocycles. The van der Waals surface area contributed by atoms with Gasteiger partial charge < -0.3 is 19.9 Å². The number of hydrogen-bond donors (Lipinski definition) is 2. The Balaban J connectivity index is 1.21. The number of Topliss-reactive ketones (excluding diaryl/α,β-unsaturated/α-hetero) is 1. The van der Waals surface area contributed by atoms with Crippen LogP contribution in [-0.2, 0) is 44.7 Å². The van der Waals surface area contributed by atoms with Crippen molar-refractivity contribution in [1.82, 2.24) is 5.32 Å². The molecule has 1 aromatic rings. The van der Waals surface area contributed by atoms with Gasteiger partial charge in [0, 0.05) is 31.6 Å². The second kappa shape index (κ2) is 13.1. The predicted octanol–water partition coefficient (Wildman–Crippen LogP) is 4.52. The van der Waals surface area contributed by atoms with Gasteiger partial charge in [0.05, 0.1) is 6.42 Å². The lowest BCUT2D eigenvalue weighted by atomic mass is 9.46. The summed E-state index contributed by atoms with van der Waals surface area (Å²) in [6.07, 6.45) is 7.10. The summed E-state index contributed by atoms with van der Waals surface area (Å²) in [6.45, 7) is 5.04. The van der Waals surface area contributed by atoms with Crippen LogP contribution >= 0.6 is 0 Å². The highest BCUT2D eigenvalue weighted by Gasteiger charge is 2.68. The van der Waals surface area contributed by atoms with E-state index in [1.165, 1.54) is 12.5 Å². The lowest BCUT2D eigenvalue weighted by Gasteiger charge is -2.59. The number of nitrogens with one attached hydrogen (secondary N) is 1. The average molecular weight is 636 g/mol. The maximum absolute atomic E-state index is 13.9. The minimum absolute atomic E-state index is 0.0390. The summed E-state index contributed by atoms with van der Waals surface area (Å²) in [4.78, 5) is 75.4. The number of carbonyl (C=O) groups is 6. The molecule has 0 bridgehead atoms. The van der Waals surface area contributed by atoms with E-state index in [1.54, 1.807) is 24.3 Å². The molecule has 0 spiro atoms. The molecule has 5 rings (SSSR count). The molecule has 0 unspecified atom stereocenters. The summed E-state index contributed by atoms with van der Waals surface area (Å²) >= 11 is 0. The van der Waals surface area contributed by atoms with E-state index < -0.39 is 53.3 Å². The van der Waals surface area contributed by atoms with Gasteiger partial charge in [-0.25, -0.2) is 4.79 Å². The van der Waals surface area contributed by atoms with Crippen LogP contribution in [0.5, 0.6) is 0 Å². The Kier molecular flexibility index (Phi) is 9.57. The van der Waals surface area contributed by atoms with Crippen molar-refractivity contribution in [2.45, 2.75) is 103 Å². The number of aliphatic carboxylic acids is 1. The number of esters is 2. The number of ketones is 2. The van der Waals surface area contributed by atoms with E-state index in [-0.39, 0.29) is 36.4 Å². The first-order valence-corrected chi connectivity index (χ1v) is 16.5. The molecule has 1 amide bonds. The summed E-state index contributed by atoms with van der Waals surface area (Å²) in [5.74, 6) is -2.53. The van der Waals surface area contributed by atoms with Gasteiger partial charge in [0.15, 0.2) is 18.0 Å². The molecule has 0 radical (unpaired) electrons. The van der Waals surface area contributed by atoms with Crippen LogP contribution < -0.4 is 5.32 Å². The van der Waals surface area contributed by atoms with Crippen LogP contribution in [0.4, 0.5) is 0 Å². The zero-order valence-electron chi connectivity index (χ0n) is 27.0. The molecule has 10 nitrogen and oxygen atoms in total. The van der Waals surface area contributed by atoms with Crippen molar-refractivity contribution in [3.8, 4) is 0 Å². The molecule has 4 aliphatic carbocycles. The number of amides is 1. The number of hydrogen-bond acceptors (Lipinski definition) is 8. The van der Waals surface area contributed by atoms with Crippen LogP contribution in [0.15, 0.2) is 42.0 Å². The van der Waals surface area contributed by atoms with Crippen molar-refractivity contribution in [3.63, 3.8) is 0 Å². The van der Waals surface area contributed by atoms with Crippen LogP contribution in [0, 0.1) is 28.6 Å². The molecule has 10 heteroatoms. The summed E-state index contributed by atoms with van der Waals surface area (Å²) in [7, 11) is 0. The highest BCUT2D eigenvalue weighted by molar-refractivity contribution is 5.94. The fourth-order valence-corrected chi connectivity index (χ4v) is 9.35. The van der Waals surface area contributed by atoms with Crippen LogP contribution in [0.2, 0.25) is 0 Å².